The molecule has 0 aliphatic heterocycles. The molecule has 0 aliphatic rings. The Morgan fingerprint density at radius 2 is 2.24 bits per heavy atom. The van der Waals surface area contributed by atoms with Crippen LogP contribution in [-0.2, 0) is 4.79 Å². The number of hydrogen-bond donors (Lipinski definition) is 1. The lowest BCUT2D eigenvalue weighted by atomic mass is 10.2. The number of hydrogen-bond acceptors (Lipinski definition) is 4. The zero-order chi connectivity index (χ0) is 12.8. The monoisotopic (exact) mass is 255 g/mol. The van der Waals surface area contributed by atoms with Crippen molar-refractivity contribution in [3.8, 4) is 17.6 Å². The number of carboxylic acid groups (broad SMARTS) is 1. The second-order valence-electron chi connectivity index (χ2n) is 3.01. The quantitative estimate of drug-likeness (QED) is 0.871. The van der Waals surface area contributed by atoms with E-state index >= 15 is 0 Å². The SMILES string of the molecule is CCOc1cc(C#N)cc(Cl)c1OCC(=O)O. The van der Waals surface area contributed by atoms with Gasteiger partial charge in [0.1, 0.15) is 0 Å². The molecule has 0 radical (unpaired) electrons. The van der Waals surface area contributed by atoms with Crippen LogP contribution < -0.4 is 9.47 Å². The van der Waals surface area contributed by atoms with Gasteiger partial charge in [-0.25, -0.2) is 4.79 Å². The van der Waals surface area contributed by atoms with Crippen LogP contribution in [0.5, 0.6) is 11.5 Å². The van der Waals surface area contributed by atoms with Crippen LogP contribution in [0.4, 0.5) is 0 Å². The molecule has 0 aliphatic carbocycles. The van der Waals surface area contributed by atoms with Crippen molar-refractivity contribution in [3.05, 3.63) is 22.7 Å². The van der Waals surface area contributed by atoms with Crippen molar-refractivity contribution in [1.29, 1.82) is 5.26 Å². The highest BCUT2D eigenvalue weighted by Crippen LogP contribution is 2.36. The predicted octanol–water partition coefficient (Wildman–Crippen LogP) is 2.07. The van der Waals surface area contributed by atoms with Gasteiger partial charge in [-0.05, 0) is 13.0 Å². The van der Waals surface area contributed by atoms with Gasteiger partial charge in [0.15, 0.2) is 18.1 Å². The third-order valence-electron chi connectivity index (χ3n) is 1.78. The number of nitrogens with zero attached hydrogens (tertiary/aromatic N) is 1. The maximum Gasteiger partial charge on any atom is 0.341 e. The van der Waals surface area contributed by atoms with Crippen LogP contribution >= 0.6 is 11.6 Å². The molecule has 0 saturated heterocycles. The fraction of sp³-hybridized carbons (Fsp3) is 0.273. The van der Waals surface area contributed by atoms with Gasteiger partial charge in [-0.15, -0.1) is 0 Å². The smallest absolute Gasteiger partial charge is 0.341 e. The number of benzene rings is 1. The minimum Gasteiger partial charge on any atom is -0.490 e. The molecule has 0 spiro atoms. The Labute approximate surface area is 103 Å². The Balaban J connectivity index is 3.08. The van der Waals surface area contributed by atoms with Gasteiger partial charge in [-0.1, -0.05) is 11.6 Å². The fourth-order valence-electron chi connectivity index (χ4n) is 1.17. The van der Waals surface area contributed by atoms with E-state index in [1.807, 2.05) is 6.07 Å². The molecule has 0 bridgehead atoms. The fourth-order valence-corrected chi connectivity index (χ4v) is 1.43. The molecule has 0 amide bonds. The van der Waals surface area contributed by atoms with E-state index in [9.17, 15) is 4.79 Å². The molecular weight excluding hydrogens is 246 g/mol. The van der Waals surface area contributed by atoms with Crippen LogP contribution in [0, 0.1) is 11.3 Å². The van der Waals surface area contributed by atoms with Crippen molar-refractivity contribution in [3.63, 3.8) is 0 Å². The molecule has 1 aromatic carbocycles. The van der Waals surface area contributed by atoms with E-state index in [-0.39, 0.29) is 16.5 Å². The van der Waals surface area contributed by atoms with Crippen LogP contribution in [-0.4, -0.2) is 24.3 Å². The van der Waals surface area contributed by atoms with Crippen LogP contribution in [0.2, 0.25) is 5.02 Å². The highest BCUT2D eigenvalue weighted by molar-refractivity contribution is 6.32. The van der Waals surface area contributed by atoms with E-state index < -0.39 is 12.6 Å². The van der Waals surface area contributed by atoms with Gasteiger partial charge in [-0.3, -0.25) is 0 Å². The maximum atomic E-state index is 10.4. The lowest BCUT2D eigenvalue weighted by molar-refractivity contribution is -0.139. The molecule has 0 aromatic heterocycles. The van der Waals surface area contributed by atoms with Crippen molar-refractivity contribution in [2.45, 2.75) is 6.92 Å². The molecular formula is C11H10ClNO4. The molecule has 0 atom stereocenters. The third-order valence-corrected chi connectivity index (χ3v) is 2.06. The summed E-state index contributed by atoms with van der Waals surface area (Å²) in [6.45, 7) is 1.59. The minimum atomic E-state index is -1.12. The Kier molecular flexibility index (Phi) is 4.61. The number of carboxylic acids is 1. The van der Waals surface area contributed by atoms with Crippen molar-refractivity contribution in [1.82, 2.24) is 0 Å². The molecule has 1 aromatic rings. The van der Waals surface area contributed by atoms with E-state index in [0.717, 1.165) is 0 Å². The average Bonchev–Trinajstić information content (AvgIpc) is 2.27. The highest BCUT2D eigenvalue weighted by atomic mass is 35.5. The van der Waals surface area contributed by atoms with E-state index in [2.05, 4.69) is 0 Å². The van der Waals surface area contributed by atoms with E-state index in [4.69, 9.17) is 31.4 Å². The average molecular weight is 256 g/mol. The van der Waals surface area contributed by atoms with E-state index in [1.165, 1.54) is 12.1 Å². The normalized spacial score (nSPS) is 9.47. The van der Waals surface area contributed by atoms with Crippen molar-refractivity contribution in [2.24, 2.45) is 0 Å². The first-order chi connectivity index (χ1) is 8.08. The first-order valence-electron chi connectivity index (χ1n) is 4.79. The summed E-state index contributed by atoms with van der Waals surface area (Å²) >= 11 is 5.88. The molecule has 0 saturated carbocycles. The van der Waals surface area contributed by atoms with E-state index in [0.29, 0.717) is 12.2 Å². The van der Waals surface area contributed by atoms with Crippen LogP contribution in [0.3, 0.4) is 0 Å². The predicted molar refractivity (Wildman–Crippen MR) is 60.5 cm³/mol. The summed E-state index contributed by atoms with van der Waals surface area (Å²) in [5.41, 5.74) is 0.320. The van der Waals surface area contributed by atoms with Crippen LogP contribution in [0.1, 0.15) is 12.5 Å². The summed E-state index contributed by atoms with van der Waals surface area (Å²) in [7, 11) is 0. The Bertz CT molecular complexity index is 467. The topological polar surface area (TPSA) is 79.5 Å². The largest absolute Gasteiger partial charge is 0.490 e. The first-order valence-corrected chi connectivity index (χ1v) is 5.17. The number of halogens is 1. The van der Waals surface area contributed by atoms with Crippen LogP contribution in [0.15, 0.2) is 12.1 Å². The van der Waals surface area contributed by atoms with Gasteiger partial charge in [-0.2, -0.15) is 5.26 Å². The van der Waals surface area contributed by atoms with Crippen LogP contribution in [0.25, 0.3) is 0 Å². The molecule has 1 N–H and O–H groups in total. The number of aliphatic carboxylic acids is 1. The summed E-state index contributed by atoms with van der Waals surface area (Å²) in [6.07, 6.45) is 0. The van der Waals surface area contributed by atoms with Gasteiger partial charge in [0.05, 0.1) is 23.3 Å². The summed E-state index contributed by atoms with van der Waals surface area (Å²) in [5.74, 6) is -0.722. The van der Waals surface area contributed by atoms with Crippen molar-refractivity contribution < 1.29 is 19.4 Å². The zero-order valence-electron chi connectivity index (χ0n) is 9.07. The second-order valence-corrected chi connectivity index (χ2v) is 3.42. The lowest BCUT2D eigenvalue weighted by Crippen LogP contribution is -2.10. The molecule has 17 heavy (non-hydrogen) atoms. The standard InChI is InChI=1S/C11H10ClNO4/c1-2-16-9-4-7(5-13)3-8(12)11(9)17-6-10(14)15/h3-4H,2,6H2,1H3,(H,14,15). The number of rotatable bonds is 5. The van der Waals surface area contributed by atoms with Gasteiger partial charge < -0.3 is 14.6 Å². The molecule has 1 rings (SSSR count). The Morgan fingerprint density at radius 3 is 2.76 bits per heavy atom. The summed E-state index contributed by atoms with van der Waals surface area (Å²) in [4.78, 5) is 10.4. The van der Waals surface area contributed by atoms with E-state index in [1.54, 1.807) is 6.92 Å². The highest BCUT2D eigenvalue weighted by Gasteiger charge is 2.13. The maximum absolute atomic E-state index is 10.4. The Hall–Kier alpha value is -1.93. The van der Waals surface area contributed by atoms with Gasteiger partial charge in [0.2, 0.25) is 0 Å². The summed E-state index contributed by atoms with van der Waals surface area (Å²) in [5, 5.41) is 17.4. The lowest BCUT2D eigenvalue weighted by Gasteiger charge is -2.12. The molecule has 0 fully saturated rings. The molecule has 6 heteroatoms. The van der Waals surface area contributed by atoms with Crippen molar-refractivity contribution in [2.75, 3.05) is 13.2 Å². The number of ether oxygens (including phenoxy) is 2. The summed E-state index contributed by atoms with van der Waals surface area (Å²) < 4.78 is 10.3. The second kappa shape index (κ2) is 5.97. The molecule has 90 valence electrons. The number of carbonyl (C=O) groups is 1. The summed E-state index contributed by atoms with van der Waals surface area (Å²) in [6, 6.07) is 4.76. The third kappa shape index (κ3) is 3.54. The van der Waals surface area contributed by atoms with Gasteiger partial charge in [0, 0.05) is 6.07 Å². The Morgan fingerprint density at radius 1 is 1.53 bits per heavy atom. The van der Waals surface area contributed by atoms with Gasteiger partial charge >= 0.3 is 5.97 Å². The minimum absolute atomic E-state index is 0.134. The molecule has 0 heterocycles. The first kappa shape index (κ1) is 13.1. The molecule has 5 nitrogen and oxygen atoms in total. The van der Waals surface area contributed by atoms with Crippen molar-refractivity contribution >= 4 is 17.6 Å². The molecule has 0 unspecified atom stereocenters. The van der Waals surface area contributed by atoms with Gasteiger partial charge in [0.25, 0.3) is 0 Å². The zero-order valence-corrected chi connectivity index (χ0v) is 9.82. The number of nitriles is 1.